The molecule has 3 amide bonds. The van der Waals surface area contributed by atoms with Gasteiger partial charge in [0, 0.05) is 36.8 Å². The number of carbonyl (C=O) groups excluding carboxylic acids is 2. The Morgan fingerprint density at radius 2 is 1.48 bits per heavy atom. The lowest BCUT2D eigenvalue weighted by Crippen LogP contribution is -2.46. The van der Waals surface area contributed by atoms with Crippen molar-refractivity contribution < 1.29 is 18.4 Å². The number of nitrogens with zero attached hydrogens (tertiary/aromatic N) is 1. The molecule has 0 heterocycles. The Bertz CT molecular complexity index is 932. The highest BCUT2D eigenvalue weighted by molar-refractivity contribution is 5.89. The van der Waals surface area contributed by atoms with Crippen LogP contribution in [0.4, 0.5) is 19.3 Å². The molecule has 2 aromatic rings. The standard InChI is InChI=1S/C24H27F2N3O2/c1-29(22-10-8-20(9-11-22)27-23(30)16-2-3-16)24(31)28-21-6-4-15(5-7-21)17-12-18(25)14-19(26)13-17/h4-7,12-14,16,20,22H,2-3,8-11H2,1H3,(H,27,30)(H,28,31). The molecule has 4 rings (SSSR count). The van der Waals surface area contributed by atoms with Crippen LogP contribution in [0, 0.1) is 17.6 Å². The molecule has 31 heavy (non-hydrogen) atoms. The zero-order valence-corrected chi connectivity index (χ0v) is 17.5. The minimum Gasteiger partial charge on any atom is -0.353 e. The molecular formula is C24H27F2N3O2. The van der Waals surface area contributed by atoms with Crippen molar-refractivity contribution >= 4 is 17.6 Å². The van der Waals surface area contributed by atoms with Gasteiger partial charge >= 0.3 is 6.03 Å². The number of hydrogen-bond donors (Lipinski definition) is 2. The van der Waals surface area contributed by atoms with E-state index in [1.165, 1.54) is 12.1 Å². The molecule has 0 aromatic heterocycles. The molecule has 2 aromatic carbocycles. The van der Waals surface area contributed by atoms with E-state index < -0.39 is 11.6 Å². The Balaban J connectivity index is 1.29. The maximum Gasteiger partial charge on any atom is 0.321 e. The second-order valence-electron chi connectivity index (χ2n) is 8.56. The van der Waals surface area contributed by atoms with E-state index in [1.54, 1.807) is 36.2 Å². The molecule has 0 unspecified atom stereocenters. The van der Waals surface area contributed by atoms with Gasteiger partial charge in [-0.1, -0.05) is 12.1 Å². The summed E-state index contributed by atoms with van der Waals surface area (Å²) in [6, 6.07) is 10.4. The van der Waals surface area contributed by atoms with E-state index >= 15 is 0 Å². The van der Waals surface area contributed by atoms with Gasteiger partial charge in [-0.25, -0.2) is 13.6 Å². The summed E-state index contributed by atoms with van der Waals surface area (Å²) in [5, 5.41) is 6.01. The summed E-state index contributed by atoms with van der Waals surface area (Å²) in [5.74, 6) is -0.858. The van der Waals surface area contributed by atoms with Crippen LogP contribution in [0.3, 0.4) is 0 Å². The number of nitrogens with one attached hydrogen (secondary N) is 2. The maximum atomic E-state index is 13.4. The summed E-state index contributed by atoms with van der Waals surface area (Å²) in [4.78, 5) is 26.3. The molecule has 7 heteroatoms. The Labute approximate surface area is 180 Å². The van der Waals surface area contributed by atoms with Gasteiger partial charge in [-0.3, -0.25) is 4.79 Å². The van der Waals surface area contributed by atoms with Gasteiger partial charge in [0.25, 0.3) is 0 Å². The van der Waals surface area contributed by atoms with E-state index in [1.807, 2.05) is 0 Å². The largest absolute Gasteiger partial charge is 0.353 e. The molecule has 0 saturated heterocycles. The summed E-state index contributed by atoms with van der Waals surface area (Å²) in [7, 11) is 1.78. The molecular weight excluding hydrogens is 400 g/mol. The van der Waals surface area contributed by atoms with Crippen molar-refractivity contribution in [2.24, 2.45) is 5.92 Å². The predicted molar refractivity (Wildman–Crippen MR) is 115 cm³/mol. The van der Waals surface area contributed by atoms with Crippen LogP contribution in [0.25, 0.3) is 11.1 Å². The van der Waals surface area contributed by atoms with Gasteiger partial charge < -0.3 is 15.5 Å². The quantitative estimate of drug-likeness (QED) is 0.711. The molecule has 2 saturated carbocycles. The van der Waals surface area contributed by atoms with Crippen molar-refractivity contribution in [1.29, 1.82) is 0 Å². The van der Waals surface area contributed by atoms with Crippen LogP contribution < -0.4 is 10.6 Å². The normalized spacial score (nSPS) is 20.7. The van der Waals surface area contributed by atoms with Gasteiger partial charge in [0.2, 0.25) is 5.91 Å². The van der Waals surface area contributed by atoms with Crippen molar-refractivity contribution in [3.63, 3.8) is 0 Å². The van der Waals surface area contributed by atoms with Gasteiger partial charge in [-0.05, 0) is 73.9 Å². The van der Waals surface area contributed by atoms with Crippen molar-refractivity contribution in [1.82, 2.24) is 10.2 Å². The highest BCUT2D eigenvalue weighted by atomic mass is 19.1. The average Bonchev–Trinajstić information content (AvgIpc) is 3.59. The van der Waals surface area contributed by atoms with Crippen molar-refractivity contribution in [2.75, 3.05) is 12.4 Å². The fourth-order valence-corrected chi connectivity index (χ4v) is 4.12. The van der Waals surface area contributed by atoms with Crippen LogP contribution in [0.15, 0.2) is 42.5 Å². The molecule has 2 N–H and O–H groups in total. The first-order valence-corrected chi connectivity index (χ1v) is 10.8. The molecule has 5 nitrogen and oxygen atoms in total. The van der Waals surface area contributed by atoms with Crippen LogP contribution in [0.1, 0.15) is 38.5 Å². The molecule has 0 bridgehead atoms. The number of halogens is 2. The Morgan fingerprint density at radius 1 is 0.871 bits per heavy atom. The Morgan fingerprint density at radius 3 is 2.06 bits per heavy atom. The van der Waals surface area contributed by atoms with Crippen LogP contribution in [-0.4, -0.2) is 36.0 Å². The first kappa shape index (κ1) is 21.3. The highest BCUT2D eigenvalue weighted by Gasteiger charge is 2.33. The Hall–Kier alpha value is -2.96. The van der Waals surface area contributed by atoms with Crippen LogP contribution in [0.2, 0.25) is 0 Å². The minimum atomic E-state index is -0.629. The van der Waals surface area contributed by atoms with E-state index in [9.17, 15) is 18.4 Å². The summed E-state index contributed by atoms with van der Waals surface area (Å²) in [6.45, 7) is 0. The van der Waals surface area contributed by atoms with Crippen LogP contribution >= 0.6 is 0 Å². The first-order chi connectivity index (χ1) is 14.9. The van der Waals surface area contributed by atoms with Crippen LogP contribution in [0.5, 0.6) is 0 Å². The molecule has 2 aliphatic carbocycles. The van der Waals surface area contributed by atoms with E-state index in [2.05, 4.69) is 10.6 Å². The van der Waals surface area contributed by atoms with Gasteiger partial charge in [0.15, 0.2) is 0 Å². The lowest BCUT2D eigenvalue weighted by molar-refractivity contribution is -0.123. The number of benzene rings is 2. The molecule has 0 aliphatic heterocycles. The smallest absolute Gasteiger partial charge is 0.321 e. The van der Waals surface area contributed by atoms with Crippen molar-refractivity contribution in [2.45, 2.75) is 50.6 Å². The average molecular weight is 427 g/mol. The second-order valence-corrected chi connectivity index (χ2v) is 8.56. The zero-order chi connectivity index (χ0) is 22.0. The third kappa shape index (κ3) is 5.40. The number of carbonyl (C=O) groups is 2. The lowest BCUT2D eigenvalue weighted by Gasteiger charge is -2.35. The highest BCUT2D eigenvalue weighted by Crippen LogP contribution is 2.30. The fourth-order valence-electron chi connectivity index (χ4n) is 4.12. The van der Waals surface area contributed by atoms with Gasteiger partial charge in [0.05, 0.1) is 0 Å². The third-order valence-corrected chi connectivity index (χ3v) is 6.19. The van der Waals surface area contributed by atoms with E-state index in [0.29, 0.717) is 16.8 Å². The molecule has 164 valence electrons. The number of urea groups is 1. The maximum absolute atomic E-state index is 13.4. The summed E-state index contributed by atoms with van der Waals surface area (Å²) in [6.07, 6.45) is 5.46. The Kier molecular flexibility index (Phi) is 6.20. The van der Waals surface area contributed by atoms with Gasteiger partial charge in [-0.15, -0.1) is 0 Å². The number of hydrogen-bond acceptors (Lipinski definition) is 2. The monoisotopic (exact) mass is 427 g/mol. The molecule has 0 radical (unpaired) electrons. The fraction of sp³-hybridized carbons (Fsp3) is 0.417. The number of amides is 3. The van der Waals surface area contributed by atoms with Crippen LogP contribution in [-0.2, 0) is 4.79 Å². The van der Waals surface area contributed by atoms with E-state index in [0.717, 1.165) is 44.6 Å². The minimum absolute atomic E-state index is 0.128. The second kappa shape index (κ2) is 9.04. The predicted octanol–water partition coefficient (Wildman–Crippen LogP) is 4.93. The van der Waals surface area contributed by atoms with Crippen molar-refractivity contribution in [3.05, 3.63) is 54.1 Å². The van der Waals surface area contributed by atoms with Gasteiger partial charge in [0.1, 0.15) is 11.6 Å². The molecule has 2 fully saturated rings. The third-order valence-electron chi connectivity index (χ3n) is 6.19. The van der Waals surface area contributed by atoms with Crippen molar-refractivity contribution in [3.8, 4) is 11.1 Å². The molecule has 0 atom stereocenters. The van der Waals surface area contributed by atoms with Gasteiger partial charge in [-0.2, -0.15) is 0 Å². The molecule has 0 spiro atoms. The zero-order valence-electron chi connectivity index (χ0n) is 17.5. The van der Waals surface area contributed by atoms with E-state index in [-0.39, 0.29) is 29.9 Å². The summed E-state index contributed by atoms with van der Waals surface area (Å²) in [5.41, 5.74) is 1.72. The number of rotatable bonds is 5. The first-order valence-electron chi connectivity index (χ1n) is 10.8. The molecule has 2 aliphatic rings. The lowest BCUT2D eigenvalue weighted by atomic mass is 9.90. The number of anilines is 1. The summed E-state index contributed by atoms with van der Waals surface area (Å²) < 4.78 is 26.9. The van der Waals surface area contributed by atoms with E-state index in [4.69, 9.17) is 0 Å². The summed E-state index contributed by atoms with van der Waals surface area (Å²) >= 11 is 0. The topological polar surface area (TPSA) is 61.4 Å². The SMILES string of the molecule is CN(C(=O)Nc1ccc(-c2cc(F)cc(F)c2)cc1)C1CCC(NC(=O)C2CC2)CC1.